The monoisotopic (exact) mass is 501 g/mol. The van der Waals surface area contributed by atoms with E-state index in [1.807, 2.05) is 0 Å². The molecule has 1 aromatic rings. The number of imidazole rings is 1. The first-order valence-electron chi connectivity index (χ1n) is 9.92. The lowest BCUT2D eigenvalue weighted by Crippen LogP contribution is -2.58. The van der Waals surface area contributed by atoms with Crippen LogP contribution in [0.5, 0.6) is 0 Å². The molecule has 16 heteroatoms. The second-order valence-corrected chi connectivity index (χ2v) is 7.56. The number of hydrogen-bond donors (Lipinski definition) is 9. The number of carbonyl (C=O) groups excluding carboxylic acids is 4. The second-order valence-electron chi connectivity index (χ2n) is 7.19. The first kappa shape index (κ1) is 28.4. The molecule has 4 atom stereocenters. The van der Waals surface area contributed by atoms with E-state index in [1.54, 1.807) is 0 Å². The third kappa shape index (κ3) is 9.86. The van der Waals surface area contributed by atoms with E-state index in [1.165, 1.54) is 12.5 Å². The molecular weight excluding hydrogens is 474 g/mol. The van der Waals surface area contributed by atoms with Crippen molar-refractivity contribution >= 4 is 48.2 Å². The zero-order valence-electron chi connectivity index (χ0n) is 17.9. The summed E-state index contributed by atoms with van der Waals surface area (Å²) in [5.74, 6) is -6.42. The van der Waals surface area contributed by atoms with Gasteiger partial charge in [-0.05, 0) is 6.42 Å². The number of carbonyl (C=O) groups is 6. The molecule has 0 spiro atoms. The average Bonchev–Trinajstić information content (AvgIpc) is 3.27. The summed E-state index contributed by atoms with van der Waals surface area (Å²) in [4.78, 5) is 77.2. The van der Waals surface area contributed by atoms with E-state index < -0.39 is 66.2 Å². The number of rotatable bonds is 15. The number of amides is 4. The lowest BCUT2D eigenvalue weighted by atomic mass is 10.1. The number of carboxylic acids is 2. The van der Waals surface area contributed by atoms with Gasteiger partial charge in [-0.3, -0.25) is 24.0 Å². The van der Waals surface area contributed by atoms with Gasteiger partial charge >= 0.3 is 11.9 Å². The van der Waals surface area contributed by atoms with E-state index in [2.05, 4.69) is 38.5 Å². The molecule has 0 saturated carbocycles. The van der Waals surface area contributed by atoms with Crippen molar-refractivity contribution in [2.24, 2.45) is 11.5 Å². The highest BCUT2D eigenvalue weighted by Gasteiger charge is 2.30. The smallest absolute Gasteiger partial charge is 0.326 e. The van der Waals surface area contributed by atoms with Crippen molar-refractivity contribution in [2.45, 2.75) is 49.9 Å². The van der Waals surface area contributed by atoms with Gasteiger partial charge in [0.2, 0.25) is 23.6 Å². The molecule has 10 N–H and O–H groups in total. The van der Waals surface area contributed by atoms with Crippen molar-refractivity contribution in [1.29, 1.82) is 0 Å². The fraction of sp³-hybridized carbons (Fsp3) is 0.500. The van der Waals surface area contributed by atoms with Gasteiger partial charge in [-0.1, -0.05) is 0 Å². The largest absolute Gasteiger partial charge is 0.481 e. The van der Waals surface area contributed by atoms with Crippen molar-refractivity contribution < 1.29 is 39.0 Å². The quantitative estimate of drug-likeness (QED) is 0.107. The van der Waals surface area contributed by atoms with E-state index in [0.29, 0.717) is 5.69 Å². The number of H-pyrrole nitrogens is 1. The van der Waals surface area contributed by atoms with E-state index in [-0.39, 0.29) is 25.0 Å². The fourth-order valence-electron chi connectivity index (χ4n) is 2.65. The average molecular weight is 502 g/mol. The minimum absolute atomic E-state index is 0.0798. The maximum Gasteiger partial charge on any atom is 0.326 e. The predicted octanol–water partition coefficient (Wildman–Crippen LogP) is -3.51. The van der Waals surface area contributed by atoms with Crippen molar-refractivity contribution in [2.75, 3.05) is 5.75 Å². The van der Waals surface area contributed by atoms with Crippen LogP contribution >= 0.6 is 12.6 Å². The number of nitrogens with one attached hydrogen (secondary N) is 4. The standard InChI is InChI=1S/C18H27N7O8S/c19-9(1-2-14(27)28)15(29)23-10(3-8-5-21-7-22-8)16(30)25-12(6-34)17(31)24-11(18(32)33)4-13(20)26/h5,7,9-12,34H,1-4,6,19H2,(H2,20,26)(H,21,22)(H,23,29)(H,24,31)(H,25,30)(H,27,28)(H,32,33)/t9-,10-,11-,12-/m0/s1. The Morgan fingerprint density at radius 3 is 2.09 bits per heavy atom. The first-order valence-corrected chi connectivity index (χ1v) is 10.6. The zero-order chi connectivity index (χ0) is 25.8. The topological polar surface area (TPSA) is 260 Å². The van der Waals surface area contributed by atoms with Gasteiger partial charge in [0, 0.05) is 30.5 Å². The molecule has 0 bridgehead atoms. The van der Waals surface area contributed by atoms with Crippen LogP contribution in [-0.2, 0) is 35.2 Å². The Morgan fingerprint density at radius 2 is 1.59 bits per heavy atom. The molecule has 0 aromatic carbocycles. The summed E-state index contributed by atoms with van der Waals surface area (Å²) in [7, 11) is 0. The third-order valence-corrected chi connectivity index (χ3v) is 4.82. The number of aromatic nitrogens is 2. The lowest BCUT2D eigenvalue weighted by molar-refractivity contribution is -0.143. The minimum atomic E-state index is -1.61. The van der Waals surface area contributed by atoms with Crippen LogP contribution in [0.1, 0.15) is 25.0 Å². The van der Waals surface area contributed by atoms with Crippen LogP contribution in [0.3, 0.4) is 0 Å². The molecule has 1 rings (SSSR count). The summed E-state index contributed by atoms with van der Waals surface area (Å²) in [5.41, 5.74) is 11.1. The van der Waals surface area contributed by atoms with Crippen molar-refractivity contribution in [3.8, 4) is 0 Å². The van der Waals surface area contributed by atoms with Gasteiger partial charge in [0.1, 0.15) is 18.1 Å². The summed E-state index contributed by atoms with van der Waals surface area (Å²) in [6, 6.07) is -5.40. The number of hydrogen-bond acceptors (Lipinski definition) is 9. The Kier molecular flexibility index (Phi) is 11.5. The number of primary amides is 1. The van der Waals surface area contributed by atoms with Gasteiger partial charge in [0.15, 0.2) is 0 Å². The fourth-order valence-corrected chi connectivity index (χ4v) is 2.91. The van der Waals surface area contributed by atoms with Crippen LogP contribution in [0, 0.1) is 0 Å². The van der Waals surface area contributed by atoms with E-state index in [9.17, 15) is 28.8 Å². The summed E-state index contributed by atoms with van der Waals surface area (Å²) in [6.45, 7) is 0. The molecule has 1 aromatic heterocycles. The summed E-state index contributed by atoms with van der Waals surface area (Å²) in [5, 5.41) is 24.7. The number of thiol groups is 1. The zero-order valence-corrected chi connectivity index (χ0v) is 18.8. The van der Waals surface area contributed by atoms with Gasteiger partial charge in [-0.15, -0.1) is 0 Å². The highest BCUT2D eigenvalue weighted by atomic mass is 32.1. The first-order chi connectivity index (χ1) is 15.9. The Balaban J connectivity index is 2.92. The number of aromatic amines is 1. The van der Waals surface area contributed by atoms with Crippen LogP contribution in [0.2, 0.25) is 0 Å². The molecular formula is C18H27N7O8S. The van der Waals surface area contributed by atoms with Crippen LogP contribution < -0.4 is 27.4 Å². The number of aliphatic carboxylic acids is 2. The molecule has 1 heterocycles. The van der Waals surface area contributed by atoms with Gasteiger partial charge < -0.3 is 42.6 Å². The maximum absolute atomic E-state index is 12.9. The molecule has 0 aliphatic rings. The molecule has 15 nitrogen and oxygen atoms in total. The molecule has 0 fully saturated rings. The Morgan fingerprint density at radius 1 is 1.00 bits per heavy atom. The highest BCUT2D eigenvalue weighted by molar-refractivity contribution is 7.80. The summed E-state index contributed by atoms with van der Waals surface area (Å²) >= 11 is 3.99. The van der Waals surface area contributed by atoms with Crippen LogP contribution in [0.4, 0.5) is 0 Å². The summed E-state index contributed by atoms with van der Waals surface area (Å²) in [6.07, 6.45) is 1.48. The van der Waals surface area contributed by atoms with E-state index in [4.69, 9.17) is 21.7 Å². The molecule has 0 aliphatic carbocycles. The van der Waals surface area contributed by atoms with Gasteiger partial charge in [0.05, 0.1) is 18.8 Å². The Bertz CT molecular complexity index is 895. The van der Waals surface area contributed by atoms with Crippen molar-refractivity contribution in [3.63, 3.8) is 0 Å². The molecule has 0 saturated heterocycles. The minimum Gasteiger partial charge on any atom is -0.481 e. The molecule has 0 radical (unpaired) electrons. The van der Waals surface area contributed by atoms with E-state index in [0.717, 1.165) is 0 Å². The Labute approximate surface area is 198 Å². The lowest BCUT2D eigenvalue weighted by Gasteiger charge is -2.24. The molecule has 0 unspecified atom stereocenters. The third-order valence-electron chi connectivity index (χ3n) is 4.45. The van der Waals surface area contributed by atoms with Gasteiger partial charge in [-0.25, -0.2) is 9.78 Å². The molecule has 188 valence electrons. The molecule has 0 aliphatic heterocycles. The maximum atomic E-state index is 12.9. The number of carboxylic acid groups (broad SMARTS) is 2. The second kappa shape index (κ2) is 13.8. The van der Waals surface area contributed by atoms with Crippen molar-refractivity contribution in [3.05, 3.63) is 18.2 Å². The molecule has 34 heavy (non-hydrogen) atoms. The van der Waals surface area contributed by atoms with Crippen LogP contribution in [0.25, 0.3) is 0 Å². The predicted molar refractivity (Wildman–Crippen MR) is 118 cm³/mol. The van der Waals surface area contributed by atoms with Gasteiger partial charge in [0.25, 0.3) is 0 Å². The summed E-state index contributed by atoms with van der Waals surface area (Å²) < 4.78 is 0. The van der Waals surface area contributed by atoms with Crippen molar-refractivity contribution in [1.82, 2.24) is 25.9 Å². The van der Waals surface area contributed by atoms with Crippen LogP contribution in [-0.4, -0.2) is 85.7 Å². The highest BCUT2D eigenvalue weighted by Crippen LogP contribution is 2.03. The van der Waals surface area contributed by atoms with Gasteiger partial charge in [-0.2, -0.15) is 12.6 Å². The van der Waals surface area contributed by atoms with Crippen LogP contribution in [0.15, 0.2) is 12.5 Å². The number of nitrogens with zero attached hydrogens (tertiary/aromatic N) is 1. The Hall–Kier alpha value is -3.66. The normalized spacial score (nSPS) is 14.2. The SMILES string of the molecule is NC(=O)C[C@H](NC(=O)[C@H](CS)NC(=O)[C@H](Cc1cnc[nH]1)NC(=O)[C@@H](N)CCC(=O)O)C(=O)O. The number of nitrogens with two attached hydrogens (primary N) is 2. The van der Waals surface area contributed by atoms with E-state index >= 15 is 0 Å². The molecule has 4 amide bonds.